The molecule has 0 unspecified atom stereocenters. The second kappa shape index (κ2) is 5.94. The van der Waals surface area contributed by atoms with Gasteiger partial charge in [0.15, 0.2) is 0 Å². The van der Waals surface area contributed by atoms with Crippen LogP contribution in [0.5, 0.6) is 5.75 Å². The van der Waals surface area contributed by atoms with E-state index in [1.807, 2.05) is 0 Å². The molecule has 0 bridgehead atoms. The van der Waals surface area contributed by atoms with E-state index in [0.717, 1.165) is 0 Å². The molecular weight excluding hydrogens is 397 g/mol. The first-order valence-electron chi connectivity index (χ1n) is 5.22. The van der Waals surface area contributed by atoms with Gasteiger partial charge in [-0.1, -0.05) is 27.5 Å². The third-order valence-electron chi connectivity index (χ3n) is 2.38. The third kappa shape index (κ3) is 3.49. The zero-order chi connectivity index (χ0) is 14.0. The lowest BCUT2D eigenvalue weighted by Crippen LogP contribution is -2.12. The van der Waals surface area contributed by atoms with Crippen LogP contribution in [0.25, 0.3) is 0 Å². The number of hydrogen-bond donors (Lipinski definition) is 2. The Balaban J connectivity index is 2.25. The Morgan fingerprint density at radius 2 is 1.89 bits per heavy atom. The predicted molar refractivity (Wildman–Crippen MR) is 82.9 cm³/mol. The van der Waals surface area contributed by atoms with Crippen LogP contribution in [0.15, 0.2) is 45.3 Å². The molecule has 3 nitrogen and oxygen atoms in total. The summed E-state index contributed by atoms with van der Waals surface area (Å²) >= 11 is 12.4. The van der Waals surface area contributed by atoms with Gasteiger partial charge in [-0.15, -0.1) is 0 Å². The summed E-state index contributed by atoms with van der Waals surface area (Å²) < 4.78 is 1.40. The topological polar surface area (TPSA) is 49.3 Å². The first kappa shape index (κ1) is 14.4. The molecule has 0 aliphatic carbocycles. The van der Waals surface area contributed by atoms with Gasteiger partial charge in [0.2, 0.25) is 0 Å². The molecule has 2 aromatic carbocycles. The van der Waals surface area contributed by atoms with E-state index in [1.54, 1.807) is 30.3 Å². The molecule has 98 valence electrons. The highest BCUT2D eigenvalue weighted by molar-refractivity contribution is 9.10. The van der Waals surface area contributed by atoms with Crippen LogP contribution in [0.3, 0.4) is 0 Å². The maximum atomic E-state index is 12.0. The number of benzene rings is 2. The summed E-state index contributed by atoms with van der Waals surface area (Å²) in [5.74, 6) is -0.471. The first-order chi connectivity index (χ1) is 8.97. The second-order valence-corrected chi connectivity index (χ2v) is 5.92. The van der Waals surface area contributed by atoms with Crippen molar-refractivity contribution in [3.05, 3.63) is 55.9 Å². The standard InChI is InChI=1S/C13H8Br2ClNO2/c14-7-1-4-12(18)9(5-7)13(19)17-8-2-3-11(16)10(15)6-8/h1-6,18H,(H,17,19). The Morgan fingerprint density at radius 1 is 1.16 bits per heavy atom. The van der Waals surface area contributed by atoms with E-state index in [4.69, 9.17) is 11.6 Å². The van der Waals surface area contributed by atoms with Crippen molar-refractivity contribution in [1.29, 1.82) is 0 Å². The molecule has 0 aliphatic rings. The van der Waals surface area contributed by atoms with E-state index < -0.39 is 5.91 Å². The molecule has 2 N–H and O–H groups in total. The van der Waals surface area contributed by atoms with Crippen LogP contribution in [-0.4, -0.2) is 11.0 Å². The first-order valence-corrected chi connectivity index (χ1v) is 7.18. The molecule has 1 amide bonds. The summed E-state index contributed by atoms with van der Waals surface area (Å²) in [6.07, 6.45) is 0. The average Bonchev–Trinajstić information content (AvgIpc) is 2.36. The maximum Gasteiger partial charge on any atom is 0.259 e. The van der Waals surface area contributed by atoms with Crippen molar-refractivity contribution in [2.75, 3.05) is 5.32 Å². The van der Waals surface area contributed by atoms with E-state index in [0.29, 0.717) is 19.7 Å². The number of phenolic OH excluding ortho intramolecular Hbond substituents is 1. The number of hydrogen-bond acceptors (Lipinski definition) is 2. The molecule has 0 atom stereocenters. The molecule has 0 aromatic heterocycles. The molecule has 0 saturated carbocycles. The zero-order valence-electron chi connectivity index (χ0n) is 9.45. The average molecular weight is 405 g/mol. The summed E-state index contributed by atoms with van der Waals surface area (Å²) in [6, 6.07) is 9.70. The maximum absolute atomic E-state index is 12.0. The smallest absolute Gasteiger partial charge is 0.259 e. The zero-order valence-corrected chi connectivity index (χ0v) is 13.4. The lowest BCUT2D eigenvalue weighted by atomic mass is 10.2. The lowest BCUT2D eigenvalue weighted by Gasteiger charge is -2.08. The molecule has 0 saturated heterocycles. The van der Waals surface area contributed by atoms with E-state index in [2.05, 4.69) is 37.2 Å². The molecule has 2 rings (SSSR count). The van der Waals surface area contributed by atoms with Gasteiger partial charge in [-0.25, -0.2) is 0 Å². The van der Waals surface area contributed by atoms with Gasteiger partial charge in [-0.05, 0) is 52.3 Å². The van der Waals surface area contributed by atoms with Crippen molar-refractivity contribution in [3.63, 3.8) is 0 Å². The Bertz CT molecular complexity index is 647. The van der Waals surface area contributed by atoms with E-state index in [-0.39, 0.29) is 11.3 Å². The van der Waals surface area contributed by atoms with Gasteiger partial charge < -0.3 is 10.4 Å². The summed E-state index contributed by atoms with van der Waals surface area (Å²) in [5, 5.41) is 12.9. The summed E-state index contributed by atoms with van der Waals surface area (Å²) in [5.41, 5.74) is 0.779. The molecule has 0 aliphatic heterocycles. The van der Waals surface area contributed by atoms with Crippen LogP contribution in [-0.2, 0) is 0 Å². The number of aromatic hydroxyl groups is 1. The highest BCUT2D eigenvalue weighted by Gasteiger charge is 2.12. The summed E-state index contributed by atoms with van der Waals surface area (Å²) in [4.78, 5) is 12.0. The third-order valence-corrected chi connectivity index (χ3v) is 4.09. The number of rotatable bonds is 2. The van der Waals surface area contributed by atoms with Crippen LogP contribution < -0.4 is 5.32 Å². The van der Waals surface area contributed by atoms with Crippen LogP contribution in [0.2, 0.25) is 5.02 Å². The summed E-state index contributed by atoms with van der Waals surface area (Å²) in [6.45, 7) is 0. The van der Waals surface area contributed by atoms with Crippen molar-refractivity contribution < 1.29 is 9.90 Å². The van der Waals surface area contributed by atoms with Gasteiger partial charge in [0.1, 0.15) is 5.75 Å². The molecule has 19 heavy (non-hydrogen) atoms. The number of amides is 1. The van der Waals surface area contributed by atoms with Gasteiger partial charge in [0.25, 0.3) is 5.91 Å². The van der Waals surface area contributed by atoms with Gasteiger partial charge >= 0.3 is 0 Å². The minimum absolute atomic E-state index is 0.0753. The summed E-state index contributed by atoms with van der Waals surface area (Å²) in [7, 11) is 0. The normalized spacial score (nSPS) is 10.3. The Hall–Kier alpha value is -1.04. The number of carbonyl (C=O) groups is 1. The fraction of sp³-hybridized carbons (Fsp3) is 0. The Kier molecular flexibility index (Phi) is 4.50. The SMILES string of the molecule is O=C(Nc1ccc(Cl)c(Br)c1)c1cc(Br)ccc1O. The van der Waals surface area contributed by atoms with Gasteiger partial charge in [0.05, 0.1) is 10.6 Å². The number of halogens is 3. The number of carbonyl (C=O) groups excluding carboxylic acids is 1. The minimum atomic E-state index is -0.395. The fourth-order valence-corrected chi connectivity index (χ4v) is 2.32. The van der Waals surface area contributed by atoms with Crippen LogP contribution in [0.4, 0.5) is 5.69 Å². The Labute approximate surface area is 131 Å². The molecule has 6 heteroatoms. The quantitative estimate of drug-likeness (QED) is 0.752. The number of anilines is 1. The van der Waals surface area contributed by atoms with Crippen molar-refractivity contribution in [3.8, 4) is 5.75 Å². The molecular formula is C13H8Br2ClNO2. The van der Waals surface area contributed by atoms with Crippen LogP contribution in [0, 0.1) is 0 Å². The van der Waals surface area contributed by atoms with Crippen LogP contribution in [0.1, 0.15) is 10.4 Å². The predicted octanol–water partition coefficient (Wildman–Crippen LogP) is 4.82. The highest BCUT2D eigenvalue weighted by atomic mass is 79.9. The van der Waals surface area contributed by atoms with E-state index in [1.165, 1.54) is 6.07 Å². The highest BCUT2D eigenvalue weighted by Crippen LogP contribution is 2.27. The minimum Gasteiger partial charge on any atom is -0.507 e. The van der Waals surface area contributed by atoms with Crippen molar-refractivity contribution >= 4 is 55.1 Å². The van der Waals surface area contributed by atoms with Crippen molar-refractivity contribution in [2.45, 2.75) is 0 Å². The van der Waals surface area contributed by atoms with Crippen LogP contribution >= 0.6 is 43.5 Å². The molecule has 2 aromatic rings. The van der Waals surface area contributed by atoms with E-state index in [9.17, 15) is 9.90 Å². The van der Waals surface area contributed by atoms with Gasteiger partial charge in [-0.3, -0.25) is 4.79 Å². The molecule has 0 heterocycles. The second-order valence-electron chi connectivity index (χ2n) is 3.74. The monoisotopic (exact) mass is 403 g/mol. The largest absolute Gasteiger partial charge is 0.507 e. The fourth-order valence-electron chi connectivity index (χ4n) is 1.46. The molecule has 0 spiro atoms. The van der Waals surface area contributed by atoms with Crippen molar-refractivity contribution in [1.82, 2.24) is 0 Å². The van der Waals surface area contributed by atoms with Gasteiger partial charge in [-0.2, -0.15) is 0 Å². The molecule has 0 fully saturated rings. The number of nitrogens with one attached hydrogen (secondary N) is 1. The Morgan fingerprint density at radius 3 is 2.58 bits per heavy atom. The number of phenols is 1. The lowest BCUT2D eigenvalue weighted by molar-refractivity contribution is 0.102. The van der Waals surface area contributed by atoms with E-state index >= 15 is 0 Å². The van der Waals surface area contributed by atoms with Crippen molar-refractivity contribution in [2.24, 2.45) is 0 Å². The molecule has 0 radical (unpaired) electrons. The van der Waals surface area contributed by atoms with Gasteiger partial charge in [0, 0.05) is 14.6 Å².